The van der Waals surface area contributed by atoms with Crippen LogP contribution in [-0.4, -0.2) is 31.9 Å². The lowest BCUT2D eigenvalue weighted by molar-refractivity contribution is 0.203. The van der Waals surface area contributed by atoms with Gasteiger partial charge in [-0.05, 0) is 66.4 Å². The zero-order valence-electron chi connectivity index (χ0n) is 11.7. The molecule has 0 bridgehead atoms. The first-order chi connectivity index (χ1) is 9.15. The monoisotopic (exact) mass is 326 g/mol. The molecule has 19 heavy (non-hydrogen) atoms. The largest absolute Gasteiger partial charge is 0.396 e. The molecule has 0 spiro atoms. The normalized spacial score (nSPS) is 18.6. The summed E-state index contributed by atoms with van der Waals surface area (Å²) in [5, 5.41) is 12.5. The van der Waals surface area contributed by atoms with Gasteiger partial charge in [-0.15, -0.1) is 0 Å². The smallest absolute Gasteiger partial charge is 0.0510 e. The van der Waals surface area contributed by atoms with Crippen molar-refractivity contribution in [1.82, 2.24) is 5.32 Å². The van der Waals surface area contributed by atoms with Crippen LogP contribution in [0.25, 0.3) is 0 Å². The predicted molar refractivity (Wildman–Crippen MR) is 83.6 cm³/mol. The first-order valence-electron chi connectivity index (χ1n) is 6.98. The molecule has 2 rings (SSSR count). The van der Waals surface area contributed by atoms with Crippen molar-refractivity contribution in [2.45, 2.75) is 25.8 Å². The van der Waals surface area contributed by atoms with Gasteiger partial charge in [0.15, 0.2) is 0 Å². The van der Waals surface area contributed by atoms with Crippen LogP contribution in [0, 0.1) is 5.92 Å². The van der Waals surface area contributed by atoms with Crippen LogP contribution in [0.1, 0.15) is 31.4 Å². The lowest BCUT2D eigenvalue weighted by atomic mass is 9.97. The Morgan fingerprint density at radius 1 is 1.42 bits per heavy atom. The van der Waals surface area contributed by atoms with Gasteiger partial charge in [0.1, 0.15) is 0 Å². The predicted octanol–water partition coefficient (Wildman–Crippen LogP) is 2.94. The summed E-state index contributed by atoms with van der Waals surface area (Å²) in [6.07, 6.45) is 2.16. The third kappa shape index (κ3) is 3.50. The van der Waals surface area contributed by atoms with Crippen molar-refractivity contribution in [3.63, 3.8) is 0 Å². The Labute approximate surface area is 124 Å². The van der Waals surface area contributed by atoms with E-state index in [1.807, 2.05) is 7.05 Å². The number of hydrogen-bond donors (Lipinski definition) is 2. The number of rotatable bonds is 4. The van der Waals surface area contributed by atoms with Crippen LogP contribution in [0.5, 0.6) is 0 Å². The fourth-order valence-electron chi connectivity index (χ4n) is 2.57. The number of nitrogens with one attached hydrogen (secondary N) is 1. The van der Waals surface area contributed by atoms with E-state index in [-0.39, 0.29) is 0 Å². The van der Waals surface area contributed by atoms with Gasteiger partial charge < -0.3 is 15.3 Å². The van der Waals surface area contributed by atoms with E-state index in [0.29, 0.717) is 18.6 Å². The first kappa shape index (κ1) is 14.8. The first-order valence-corrected chi connectivity index (χ1v) is 7.77. The Morgan fingerprint density at radius 3 is 2.63 bits per heavy atom. The average Bonchev–Trinajstić information content (AvgIpc) is 2.46. The highest BCUT2D eigenvalue weighted by Crippen LogP contribution is 2.32. The zero-order valence-corrected chi connectivity index (χ0v) is 13.3. The van der Waals surface area contributed by atoms with Crippen LogP contribution in [-0.2, 0) is 0 Å². The lowest BCUT2D eigenvalue weighted by Crippen LogP contribution is -2.34. The molecule has 1 unspecified atom stereocenters. The third-order valence-corrected chi connectivity index (χ3v) is 4.75. The molecule has 0 amide bonds. The van der Waals surface area contributed by atoms with Crippen molar-refractivity contribution in [3.8, 4) is 0 Å². The molecule has 1 atom stereocenters. The van der Waals surface area contributed by atoms with Gasteiger partial charge in [0.05, 0.1) is 5.69 Å². The number of benzene rings is 1. The number of hydrogen-bond acceptors (Lipinski definition) is 3. The van der Waals surface area contributed by atoms with Gasteiger partial charge in [-0.2, -0.15) is 0 Å². The summed E-state index contributed by atoms with van der Waals surface area (Å²) in [7, 11) is 1.98. The maximum atomic E-state index is 9.19. The van der Waals surface area contributed by atoms with E-state index in [1.165, 1.54) is 11.3 Å². The average molecular weight is 327 g/mol. The molecular weight excluding hydrogens is 304 g/mol. The molecule has 2 N–H and O–H groups in total. The van der Waals surface area contributed by atoms with Gasteiger partial charge in [-0.1, -0.05) is 6.07 Å². The van der Waals surface area contributed by atoms with E-state index in [0.717, 1.165) is 30.4 Å². The van der Waals surface area contributed by atoms with Crippen molar-refractivity contribution >= 4 is 21.6 Å². The molecule has 0 aromatic heterocycles. The summed E-state index contributed by atoms with van der Waals surface area (Å²) in [5.41, 5.74) is 2.56. The van der Waals surface area contributed by atoms with E-state index >= 15 is 0 Å². The summed E-state index contributed by atoms with van der Waals surface area (Å²) in [6, 6.07) is 6.96. The Bertz CT molecular complexity index is 417. The highest BCUT2D eigenvalue weighted by atomic mass is 79.9. The summed E-state index contributed by atoms with van der Waals surface area (Å²) in [4.78, 5) is 2.41. The van der Waals surface area contributed by atoms with Crippen LogP contribution in [0.15, 0.2) is 22.7 Å². The summed E-state index contributed by atoms with van der Waals surface area (Å²) in [6.45, 7) is 4.55. The van der Waals surface area contributed by atoms with E-state index in [2.05, 4.69) is 51.3 Å². The maximum Gasteiger partial charge on any atom is 0.0510 e. The molecule has 106 valence electrons. The number of aliphatic hydroxyl groups is 1. The van der Waals surface area contributed by atoms with E-state index in [9.17, 15) is 5.11 Å². The Morgan fingerprint density at radius 2 is 2.11 bits per heavy atom. The molecule has 0 aliphatic carbocycles. The number of nitrogens with zero attached hydrogens (tertiary/aromatic N) is 1. The molecule has 1 aromatic carbocycles. The molecule has 1 heterocycles. The highest BCUT2D eigenvalue weighted by Gasteiger charge is 2.20. The van der Waals surface area contributed by atoms with Gasteiger partial charge in [0.2, 0.25) is 0 Å². The minimum atomic E-state index is 0.327. The third-order valence-electron chi connectivity index (χ3n) is 4.12. The molecule has 1 fully saturated rings. The second-order valence-corrected chi connectivity index (χ2v) is 6.19. The van der Waals surface area contributed by atoms with Gasteiger partial charge in [0, 0.05) is 30.2 Å². The summed E-state index contributed by atoms with van der Waals surface area (Å²) >= 11 is 3.69. The van der Waals surface area contributed by atoms with Gasteiger partial charge in [0.25, 0.3) is 0 Å². The van der Waals surface area contributed by atoms with E-state index in [4.69, 9.17) is 0 Å². The van der Waals surface area contributed by atoms with Crippen molar-refractivity contribution in [3.05, 3.63) is 28.2 Å². The van der Waals surface area contributed by atoms with Crippen molar-refractivity contribution in [2.75, 3.05) is 31.6 Å². The Balaban J connectivity index is 2.09. The molecule has 1 saturated heterocycles. The second-order valence-electron chi connectivity index (χ2n) is 5.33. The molecule has 1 aliphatic rings. The zero-order chi connectivity index (χ0) is 13.8. The summed E-state index contributed by atoms with van der Waals surface area (Å²) in [5.74, 6) is 0.485. The van der Waals surface area contributed by atoms with Crippen LogP contribution in [0.3, 0.4) is 0 Å². The fourth-order valence-corrected chi connectivity index (χ4v) is 3.22. The van der Waals surface area contributed by atoms with Crippen LogP contribution in [0.4, 0.5) is 5.69 Å². The molecule has 3 nitrogen and oxygen atoms in total. The number of piperidine rings is 1. The van der Waals surface area contributed by atoms with Gasteiger partial charge >= 0.3 is 0 Å². The second kappa shape index (κ2) is 6.73. The minimum absolute atomic E-state index is 0.327. The highest BCUT2D eigenvalue weighted by molar-refractivity contribution is 9.10. The SMILES string of the molecule is CNC(C)c1ccc(N2CCC(CO)CC2)c(Br)c1. The molecule has 0 radical (unpaired) electrons. The number of halogens is 1. The number of aliphatic hydroxyl groups excluding tert-OH is 1. The van der Waals surface area contributed by atoms with Crippen LogP contribution >= 0.6 is 15.9 Å². The maximum absolute atomic E-state index is 9.19. The Kier molecular flexibility index (Phi) is 5.25. The van der Waals surface area contributed by atoms with Gasteiger partial charge in [-0.25, -0.2) is 0 Å². The van der Waals surface area contributed by atoms with Crippen LogP contribution < -0.4 is 10.2 Å². The molecular formula is C15H23BrN2O. The van der Waals surface area contributed by atoms with Crippen LogP contribution in [0.2, 0.25) is 0 Å². The standard InChI is InChI=1S/C15H23BrN2O/c1-11(17-2)13-3-4-15(14(16)9-13)18-7-5-12(10-19)6-8-18/h3-4,9,11-12,17,19H,5-8,10H2,1-2H3. The van der Waals surface area contributed by atoms with Crippen molar-refractivity contribution < 1.29 is 5.11 Å². The quantitative estimate of drug-likeness (QED) is 0.893. The molecule has 1 aliphatic heterocycles. The molecule has 1 aromatic rings. The molecule has 0 saturated carbocycles. The minimum Gasteiger partial charge on any atom is -0.396 e. The van der Waals surface area contributed by atoms with Gasteiger partial charge in [-0.3, -0.25) is 0 Å². The van der Waals surface area contributed by atoms with E-state index < -0.39 is 0 Å². The fraction of sp³-hybridized carbons (Fsp3) is 0.600. The topological polar surface area (TPSA) is 35.5 Å². The Hall–Kier alpha value is -0.580. The van der Waals surface area contributed by atoms with E-state index in [1.54, 1.807) is 0 Å². The summed E-state index contributed by atoms with van der Waals surface area (Å²) < 4.78 is 1.16. The molecule has 4 heteroatoms. The number of anilines is 1. The lowest BCUT2D eigenvalue weighted by Gasteiger charge is -2.33. The van der Waals surface area contributed by atoms with Crippen molar-refractivity contribution in [2.24, 2.45) is 5.92 Å². The van der Waals surface area contributed by atoms with Crippen molar-refractivity contribution in [1.29, 1.82) is 0 Å².